The van der Waals surface area contributed by atoms with E-state index < -0.39 is 6.09 Å². The summed E-state index contributed by atoms with van der Waals surface area (Å²) in [6.45, 7) is 2.75. The molecule has 0 aliphatic heterocycles. The van der Waals surface area contributed by atoms with E-state index in [1.807, 2.05) is 37.3 Å². The van der Waals surface area contributed by atoms with Crippen LogP contribution in [-0.2, 0) is 11.3 Å². The van der Waals surface area contributed by atoms with E-state index in [9.17, 15) is 4.79 Å². The molecular formula is C21H18N4O2. The van der Waals surface area contributed by atoms with Crippen LogP contribution in [0.2, 0.25) is 0 Å². The third kappa shape index (κ3) is 3.04. The van der Waals surface area contributed by atoms with Crippen LogP contribution in [0.5, 0.6) is 0 Å². The second-order valence-corrected chi connectivity index (χ2v) is 6.31. The first-order valence-corrected chi connectivity index (χ1v) is 8.80. The highest BCUT2D eigenvalue weighted by Gasteiger charge is 2.29. The number of hydrogen-bond donors (Lipinski definition) is 1. The molecule has 0 spiro atoms. The van der Waals surface area contributed by atoms with Crippen LogP contribution in [0.25, 0.3) is 11.1 Å². The van der Waals surface area contributed by atoms with Crippen molar-refractivity contribution in [3.63, 3.8) is 0 Å². The van der Waals surface area contributed by atoms with Crippen molar-refractivity contribution in [1.82, 2.24) is 9.78 Å². The fourth-order valence-electron chi connectivity index (χ4n) is 3.50. The summed E-state index contributed by atoms with van der Waals surface area (Å²) in [7, 11) is 0. The smallest absolute Gasteiger partial charge is 0.411 e. The standard InChI is InChI=1S/C21H18N4O2/c1-2-25-12-20(19(11-22)24-25)23-21(26)27-13-18-16-9-5-3-7-14(16)15-8-4-6-10-17(15)18/h3-10,12,18H,2,13H2,1H3,(H,23,26). The van der Waals surface area contributed by atoms with Gasteiger partial charge in [-0.3, -0.25) is 10.00 Å². The number of amides is 1. The number of fused-ring (bicyclic) bond motifs is 3. The highest BCUT2D eigenvalue weighted by molar-refractivity contribution is 5.86. The normalized spacial score (nSPS) is 12.1. The zero-order valence-corrected chi connectivity index (χ0v) is 14.8. The fraction of sp³-hybridized carbons (Fsp3) is 0.190. The van der Waals surface area contributed by atoms with Gasteiger partial charge in [0.15, 0.2) is 5.69 Å². The Bertz CT molecular complexity index is 1000. The summed E-state index contributed by atoms with van der Waals surface area (Å²) in [5.74, 6) is -0.00282. The SMILES string of the molecule is CCn1cc(NC(=O)OCC2c3ccccc3-c3ccccc32)c(C#N)n1. The first-order valence-electron chi connectivity index (χ1n) is 8.80. The number of nitrogens with zero attached hydrogens (tertiary/aromatic N) is 3. The second kappa shape index (κ2) is 6.96. The number of aryl methyl sites for hydroxylation is 1. The van der Waals surface area contributed by atoms with Gasteiger partial charge >= 0.3 is 6.09 Å². The quantitative estimate of drug-likeness (QED) is 0.760. The van der Waals surface area contributed by atoms with Gasteiger partial charge in [0.1, 0.15) is 18.4 Å². The summed E-state index contributed by atoms with van der Waals surface area (Å²) in [6.07, 6.45) is 1.03. The van der Waals surface area contributed by atoms with E-state index in [0.717, 1.165) is 11.1 Å². The molecule has 0 atom stereocenters. The van der Waals surface area contributed by atoms with Crippen molar-refractivity contribution in [2.45, 2.75) is 19.4 Å². The Kier molecular flexibility index (Phi) is 4.35. The fourth-order valence-corrected chi connectivity index (χ4v) is 3.50. The Hall–Kier alpha value is -3.59. The number of carbonyl (C=O) groups excluding carboxylic acids is 1. The van der Waals surface area contributed by atoms with Crippen molar-refractivity contribution in [1.29, 1.82) is 5.26 Å². The zero-order valence-electron chi connectivity index (χ0n) is 14.8. The number of rotatable bonds is 4. The number of nitrogens with one attached hydrogen (secondary N) is 1. The molecule has 0 unspecified atom stereocenters. The molecular weight excluding hydrogens is 340 g/mol. The molecule has 1 amide bonds. The van der Waals surface area contributed by atoms with Gasteiger partial charge in [0.25, 0.3) is 0 Å². The molecule has 2 aromatic carbocycles. The van der Waals surface area contributed by atoms with Gasteiger partial charge < -0.3 is 4.74 Å². The van der Waals surface area contributed by atoms with Gasteiger partial charge in [-0.1, -0.05) is 48.5 Å². The van der Waals surface area contributed by atoms with Crippen LogP contribution < -0.4 is 5.32 Å². The molecule has 1 aromatic heterocycles. The lowest BCUT2D eigenvalue weighted by Gasteiger charge is -2.14. The van der Waals surface area contributed by atoms with Crippen molar-refractivity contribution in [3.8, 4) is 17.2 Å². The van der Waals surface area contributed by atoms with E-state index in [0.29, 0.717) is 12.2 Å². The lowest BCUT2D eigenvalue weighted by molar-refractivity contribution is 0.158. The van der Waals surface area contributed by atoms with E-state index in [1.165, 1.54) is 11.1 Å². The summed E-state index contributed by atoms with van der Waals surface area (Å²) in [5.41, 5.74) is 5.20. The first kappa shape index (κ1) is 16.9. The molecule has 0 fully saturated rings. The molecule has 1 N–H and O–H groups in total. The molecule has 1 aliphatic carbocycles. The van der Waals surface area contributed by atoms with Crippen LogP contribution in [0.15, 0.2) is 54.7 Å². The second-order valence-electron chi connectivity index (χ2n) is 6.31. The Morgan fingerprint density at radius 1 is 1.19 bits per heavy atom. The van der Waals surface area contributed by atoms with Crippen molar-refractivity contribution >= 4 is 11.8 Å². The maximum Gasteiger partial charge on any atom is 0.411 e. The molecule has 4 rings (SSSR count). The minimum Gasteiger partial charge on any atom is -0.448 e. The van der Waals surface area contributed by atoms with Crippen LogP contribution in [0.1, 0.15) is 29.7 Å². The van der Waals surface area contributed by atoms with E-state index in [-0.39, 0.29) is 18.2 Å². The third-order valence-electron chi connectivity index (χ3n) is 4.77. The monoisotopic (exact) mass is 358 g/mol. The molecule has 6 nitrogen and oxygen atoms in total. The number of benzene rings is 2. The number of aromatic nitrogens is 2. The lowest BCUT2D eigenvalue weighted by Crippen LogP contribution is -2.18. The number of carbonyl (C=O) groups is 1. The van der Waals surface area contributed by atoms with Crippen molar-refractivity contribution in [2.75, 3.05) is 11.9 Å². The molecule has 0 radical (unpaired) electrons. The third-order valence-corrected chi connectivity index (χ3v) is 4.77. The van der Waals surface area contributed by atoms with Crippen LogP contribution in [0.3, 0.4) is 0 Å². The average molecular weight is 358 g/mol. The van der Waals surface area contributed by atoms with E-state index in [4.69, 9.17) is 10.00 Å². The molecule has 0 bridgehead atoms. The summed E-state index contributed by atoms with van der Waals surface area (Å²) < 4.78 is 7.08. The highest BCUT2D eigenvalue weighted by Crippen LogP contribution is 2.44. The number of hydrogen-bond acceptors (Lipinski definition) is 4. The minimum atomic E-state index is -0.594. The van der Waals surface area contributed by atoms with Crippen molar-refractivity contribution < 1.29 is 9.53 Å². The van der Waals surface area contributed by atoms with E-state index >= 15 is 0 Å². The maximum atomic E-state index is 12.3. The van der Waals surface area contributed by atoms with Gasteiger partial charge in [0.2, 0.25) is 0 Å². The Morgan fingerprint density at radius 2 is 1.81 bits per heavy atom. The molecule has 3 aromatic rings. The Balaban J connectivity index is 1.50. The summed E-state index contributed by atoms with van der Waals surface area (Å²) >= 11 is 0. The highest BCUT2D eigenvalue weighted by atomic mass is 16.5. The molecule has 0 saturated carbocycles. The van der Waals surface area contributed by atoms with Gasteiger partial charge in [-0.25, -0.2) is 4.79 Å². The molecule has 1 heterocycles. The molecule has 134 valence electrons. The van der Waals surface area contributed by atoms with E-state index in [2.05, 4.69) is 34.7 Å². The van der Waals surface area contributed by atoms with Gasteiger partial charge in [-0.05, 0) is 29.2 Å². The summed E-state index contributed by atoms with van der Waals surface area (Å²) in [6, 6.07) is 18.3. The first-order chi connectivity index (χ1) is 13.2. The predicted molar refractivity (Wildman–Crippen MR) is 101 cm³/mol. The van der Waals surface area contributed by atoms with Gasteiger partial charge in [-0.15, -0.1) is 0 Å². The zero-order chi connectivity index (χ0) is 18.8. The van der Waals surface area contributed by atoms with Crippen molar-refractivity contribution in [2.24, 2.45) is 0 Å². The summed E-state index contributed by atoms with van der Waals surface area (Å²) in [4.78, 5) is 12.3. The molecule has 27 heavy (non-hydrogen) atoms. The Morgan fingerprint density at radius 3 is 2.41 bits per heavy atom. The number of anilines is 1. The van der Waals surface area contributed by atoms with Gasteiger partial charge in [-0.2, -0.15) is 10.4 Å². The molecule has 1 aliphatic rings. The molecule has 0 saturated heterocycles. The number of ether oxygens (including phenoxy) is 1. The maximum absolute atomic E-state index is 12.3. The van der Waals surface area contributed by atoms with Crippen molar-refractivity contribution in [3.05, 3.63) is 71.5 Å². The van der Waals surface area contributed by atoms with Gasteiger partial charge in [0, 0.05) is 12.5 Å². The van der Waals surface area contributed by atoms with Gasteiger partial charge in [0.05, 0.1) is 6.20 Å². The largest absolute Gasteiger partial charge is 0.448 e. The van der Waals surface area contributed by atoms with E-state index in [1.54, 1.807) is 10.9 Å². The molecule has 6 heteroatoms. The van der Waals surface area contributed by atoms with Crippen LogP contribution in [0, 0.1) is 11.3 Å². The van der Waals surface area contributed by atoms with Crippen LogP contribution in [-0.4, -0.2) is 22.5 Å². The minimum absolute atomic E-state index is 0.00282. The van der Waals surface area contributed by atoms with Crippen LogP contribution >= 0.6 is 0 Å². The van der Waals surface area contributed by atoms with Crippen LogP contribution in [0.4, 0.5) is 10.5 Å². The number of nitriles is 1. The predicted octanol–water partition coefficient (Wildman–Crippen LogP) is 4.14. The average Bonchev–Trinajstić information content (AvgIpc) is 3.25. The lowest BCUT2D eigenvalue weighted by atomic mass is 9.98. The summed E-state index contributed by atoms with van der Waals surface area (Å²) in [5, 5.41) is 15.8. The topological polar surface area (TPSA) is 79.9 Å². The Labute approximate surface area is 157 Å².